The number of thiocarbonyl (C=S) groups is 1. The average Bonchev–Trinajstić information content (AvgIpc) is 2.73. The minimum atomic E-state index is -4.43. The van der Waals surface area contributed by atoms with Crippen molar-refractivity contribution in [2.45, 2.75) is 32.5 Å². The SMILES string of the molecule is CC(C)(C)NC(=S)Nc1ccc(OC(=O)N2CCN(c3ccc(C(F)(F)F)cn3)CC2)nc1. The number of hydrogen-bond acceptors (Lipinski definition) is 6. The standard InChI is InChI=1S/C21H25F3N6O2S/c1-20(2,3)28-18(33)27-15-5-7-17(26-13-15)32-19(31)30-10-8-29(9-11-30)16-6-4-14(12-25-16)21(22,23)24/h4-7,12-13H,8-11H2,1-3H3,(H2,27,28,33). The monoisotopic (exact) mass is 482 g/mol. The van der Waals surface area contributed by atoms with Gasteiger partial charge in [-0.2, -0.15) is 13.2 Å². The summed E-state index contributed by atoms with van der Waals surface area (Å²) in [5, 5.41) is 6.58. The lowest BCUT2D eigenvalue weighted by Gasteiger charge is -2.34. The molecular weight excluding hydrogens is 457 g/mol. The quantitative estimate of drug-likeness (QED) is 0.638. The van der Waals surface area contributed by atoms with Crippen LogP contribution in [0.5, 0.6) is 5.88 Å². The summed E-state index contributed by atoms with van der Waals surface area (Å²) in [5.74, 6) is 0.576. The molecule has 3 rings (SSSR count). The van der Waals surface area contributed by atoms with Crippen LogP contribution in [0, 0.1) is 0 Å². The number of rotatable bonds is 3. The fourth-order valence-electron chi connectivity index (χ4n) is 3.03. The van der Waals surface area contributed by atoms with Gasteiger partial charge in [0.05, 0.1) is 17.4 Å². The first-order chi connectivity index (χ1) is 15.4. The van der Waals surface area contributed by atoms with Gasteiger partial charge >= 0.3 is 12.3 Å². The third kappa shape index (κ3) is 7.17. The van der Waals surface area contributed by atoms with Crippen molar-refractivity contribution in [1.82, 2.24) is 20.2 Å². The zero-order valence-electron chi connectivity index (χ0n) is 18.4. The molecule has 12 heteroatoms. The molecule has 178 valence electrons. The zero-order chi connectivity index (χ0) is 24.2. The molecule has 0 radical (unpaired) electrons. The summed E-state index contributed by atoms with van der Waals surface area (Å²) in [5.41, 5.74) is -0.330. The zero-order valence-corrected chi connectivity index (χ0v) is 19.3. The highest BCUT2D eigenvalue weighted by molar-refractivity contribution is 7.80. The van der Waals surface area contributed by atoms with Crippen molar-refractivity contribution in [1.29, 1.82) is 0 Å². The molecule has 0 unspecified atom stereocenters. The van der Waals surface area contributed by atoms with Gasteiger partial charge in [0.2, 0.25) is 5.88 Å². The fraction of sp³-hybridized carbons (Fsp3) is 0.429. The molecule has 33 heavy (non-hydrogen) atoms. The number of ether oxygens (including phenoxy) is 1. The number of nitrogens with zero attached hydrogens (tertiary/aromatic N) is 4. The Hall–Kier alpha value is -3.15. The molecule has 3 heterocycles. The van der Waals surface area contributed by atoms with Crippen molar-refractivity contribution >= 4 is 34.9 Å². The number of carbonyl (C=O) groups is 1. The van der Waals surface area contributed by atoms with Gasteiger partial charge in [0, 0.05) is 44.0 Å². The lowest BCUT2D eigenvalue weighted by molar-refractivity contribution is -0.137. The minimum Gasteiger partial charge on any atom is -0.391 e. The van der Waals surface area contributed by atoms with Crippen molar-refractivity contribution in [3.63, 3.8) is 0 Å². The molecule has 2 aromatic heterocycles. The second kappa shape index (κ2) is 9.77. The Balaban J connectivity index is 1.48. The summed E-state index contributed by atoms with van der Waals surface area (Å²) >= 11 is 5.24. The van der Waals surface area contributed by atoms with E-state index in [0.29, 0.717) is 42.8 Å². The van der Waals surface area contributed by atoms with Crippen LogP contribution in [-0.4, -0.2) is 57.8 Å². The fourth-order valence-corrected chi connectivity index (χ4v) is 3.45. The number of piperazine rings is 1. The number of alkyl halides is 3. The molecule has 0 bridgehead atoms. The Bertz CT molecular complexity index is 969. The van der Waals surface area contributed by atoms with Crippen LogP contribution < -0.4 is 20.3 Å². The van der Waals surface area contributed by atoms with Crippen LogP contribution in [-0.2, 0) is 6.18 Å². The van der Waals surface area contributed by atoms with Crippen LogP contribution in [0.3, 0.4) is 0 Å². The molecule has 0 aromatic carbocycles. The molecule has 2 aromatic rings. The van der Waals surface area contributed by atoms with Gasteiger partial charge in [-0.1, -0.05) is 0 Å². The number of hydrogen-bond donors (Lipinski definition) is 2. The molecule has 2 N–H and O–H groups in total. The van der Waals surface area contributed by atoms with Gasteiger partial charge in [-0.05, 0) is 51.2 Å². The molecule has 1 saturated heterocycles. The van der Waals surface area contributed by atoms with Crippen LogP contribution in [0.15, 0.2) is 36.7 Å². The van der Waals surface area contributed by atoms with Gasteiger partial charge in [0.1, 0.15) is 5.82 Å². The highest BCUT2D eigenvalue weighted by Gasteiger charge is 2.31. The summed E-state index contributed by atoms with van der Waals surface area (Å²) < 4.78 is 43.4. The molecule has 0 aliphatic carbocycles. The predicted molar refractivity (Wildman–Crippen MR) is 122 cm³/mol. The number of nitrogens with one attached hydrogen (secondary N) is 2. The van der Waals surface area contributed by atoms with E-state index in [9.17, 15) is 18.0 Å². The maximum Gasteiger partial charge on any atom is 0.417 e. The van der Waals surface area contributed by atoms with Gasteiger partial charge < -0.3 is 25.2 Å². The van der Waals surface area contributed by atoms with Crippen LogP contribution in [0.4, 0.5) is 29.5 Å². The summed E-state index contributed by atoms with van der Waals surface area (Å²) in [7, 11) is 0. The lowest BCUT2D eigenvalue weighted by Crippen LogP contribution is -2.49. The van der Waals surface area contributed by atoms with E-state index >= 15 is 0 Å². The average molecular weight is 483 g/mol. The molecule has 1 aliphatic rings. The maximum atomic E-state index is 12.7. The van der Waals surface area contributed by atoms with Crippen molar-refractivity contribution in [2.24, 2.45) is 0 Å². The Labute approximate surface area is 195 Å². The van der Waals surface area contributed by atoms with Crippen molar-refractivity contribution in [2.75, 3.05) is 36.4 Å². The van der Waals surface area contributed by atoms with E-state index in [1.54, 1.807) is 12.1 Å². The van der Waals surface area contributed by atoms with Crippen LogP contribution >= 0.6 is 12.2 Å². The second-order valence-electron chi connectivity index (χ2n) is 8.46. The third-order valence-electron chi connectivity index (χ3n) is 4.61. The molecule has 1 fully saturated rings. The Kier molecular flexibility index (Phi) is 7.25. The summed E-state index contributed by atoms with van der Waals surface area (Å²) in [6.07, 6.45) is -2.65. The topological polar surface area (TPSA) is 82.6 Å². The molecule has 0 spiro atoms. The summed E-state index contributed by atoms with van der Waals surface area (Å²) in [6.45, 7) is 7.48. The van der Waals surface area contributed by atoms with Gasteiger partial charge in [0.25, 0.3) is 0 Å². The Morgan fingerprint density at radius 2 is 1.73 bits per heavy atom. The van der Waals surface area contributed by atoms with Crippen LogP contribution in [0.25, 0.3) is 0 Å². The molecule has 8 nitrogen and oxygen atoms in total. The molecule has 0 saturated carbocycles. The number of pyridine rings is 2. The van der Waals surface area contributed by atoms with Crippen LogP contribution in [0.1, 0.15) is 26.3 Å². The number of amides is 1. The van der Waals surface area contributed by atoms with E-state index < -0.39 is 17.8 Å². The van der Waals surface area contributed by atoms with E-state index in [-0.39, 0.29) is 11.4 Å². The summed E-state index contributed by atoms with van der Waals surface area (Å²) in [4.78, 5) is 23.8. The van der Waals surface area contributed by atoms with E-state index in [2.05, 4.69) is 20.6 Å². The van der Waals surface area contributed by atoms with E-state index in [1.165, 1.54) is 17.2 Å². The molecule has 0 atom stereocenters. The number of anilines is 2. The van der Waals surface area contributed by atoms with Crippen LogP contribution in [0.2, 0.25) is 0 Å². The maximum absolute atomic E-state index is 12.7. The first kappa shape index (κ1) is 24.5. The second-order valence-corrected chi connectivity index (χ2v) is 8.87. The lowest BCUT2D eigenvalue weighted by atomic mass is 10.1. The molecular formula is C21H25F3N6O2S. The van der Waals surface area contributed by atoms with E-state index in [1.807, 2.05) is 25.7 Å². The van der Waals surface area contributed by atoms with Gasteiger partial charge in [-0.25, -0.2) is 14.8 Å². The first-order valence-electron chi connectivity index (χ1n) is 10.2. The first-order valence-corrected chi connectivity index (χ1v) is 10.6. The Morgan fingerprint density at radius 1 is 1.03 bits per heavy atom. The van der Waals surface area contributed by atoms with E-state index in [0.717, 1.165) is 12.3 Å². The number of halogens is 3. The smallest absolute Gasteiger partial charge is 0.391 e. The van der Waals surface area contributed by atoms with E-state index in [4.69, 9.17) is 17.0 Å². The molecule has 1 aliphatic heterocycles. The van der Waals surface area contributed by atoms with Crippen molar-refractivity contribution in [3.8, 4) is 5.88 Å². The van der Waals surface area contributed by atoms with Gasteiger partial charge in [0.15, 0.2) is 5.11 Å². The van der Waals surface area contributed by atoms with Gasteiger partial charge in [-0.15, -0.1) is 0 Å². The number of aromatic nitrogens is 2. The van der Waals surface area contributed by atoms with Gasteiger partial charge in [-0.3, -0.25) is 0 Å². The highest BCUT2D eigenvalue weighted by Crippen LogP contribution is 2.29. The summed E-state index contributed by atoms with van der Waals surface area (Å²) in [6, 6.07) is 5.58. The largest absolute Gasteiger partial charge is 0.417 e. The van der Waals surface area contributed by atoms with Crippen molar-refractivity contribution in [3.05, 3.63) is 42.2 Å². The number of carbonyl (C=O) groups excluding carboxylic acids is 1. The molecule has 1 amide bonds. The third-order valence-corrected chi connectivity index (χ3v) is 4.82. The highest BCUT2D eigenvalue weighted by atomic mass is 32.1. The normalized spacial score (nSPS) is 14.6. The minimum absolute atomic E-state index is 0.145. The Morgan fingerprint density at radius 3 is 2.24 bits per heavy atom. The van der Waals surface area contributed by atoms with Crippen molar-refractivity contribution < 1.29 is 22.7 Å². The predicted octanol–water partition coefficient (Wildman–Crippen LogP) is 3.90.